The average molecular weight is 398 g/mol. The molecule has 3 rings (SSSR count). The van der Waals surface area contributed by atoms with Crippen LogP contribution in [0.5, 0.6) is 0 Å². The van der Waals surface area contributed by atoms with Gasteiger partial charge in [0.2, 0.25) is 0 Å². The number of piperidine rings is 1. The van der Waals surface area contributed by atoms with Crippen molar-refractivity contribution in [2.24, 2.45) is 0 Å². The zero-order valence-electron chi connectivity index (χ0n) is 15.9. The SMILES string of the molecule is Cc1ccc(C)c(CSc2nc(C3CCN(C(=O)O)CC3)c(C#N)c(=O)[nH]2)c1. The molecule has 2 aromatic rings. The first kappa shape index (κ1) is 20.0. The topological polar surface area (TPSA) is 110 Å². The fraction of sp³-hybridized carbons (Fsp3) is 0.400. The molecule has 2 N–H and O–H groups in total. The third-order valence-electron chi connectivity index (χ3n) is 5.06. The minimum atomic E-state index is -0.942. The van der Waals surface area contributed by atoms with Crippen LogP contribution in [0.1, 0.15) is 46.7 Å². The molecule has 1 amide bonds. The van der Waals surface area contributed by atoms with Gasteiger partial charge in [0.25, 0.3) is 5.56 Å². The van der Waals surface area contributed by atoms with Crippen LogP contribution in [0, 0.1) is 25.2 Å². The summed E-state index contributed by atoms with van der Waals surface area (Å²) in [4.78, 5) is 32.1. The van der Waals surface area contributed by atoms with Gasteiger partial charge in [0.05, 0.1) is 5.69 Å². The normalized spacial score (nSPS) is 14.7. The second-order valence-corrected chi connectivity index (χ2v) is 7.97. The summed E-state index contributed by atoms with van der Waals surface area (Å²) >= 11 is 1.43. The molecule has 0 atom stereocenters. The van der Waals surface area contributed by atoms with E-state index in [4.69, 9.17) is 5.11 Å². The zero-order chi connectivity index (χ0) is 20.3. The third kappa shape index (κ3) is 4.37. The van der Waals surface area contributed by atoms with E-state index >= 15 is 0 Å². The molecule has 0 saturated carbocycles. The van der Waals surface area contributed by atoms with Crippen LogP contribution in [0.15, 0.2) is 28.2 Å². The van der Waals surface area contributed by atoms with Crippen LogP contribution >= 0.6 is 11.8 Å². The summed E-state index contributed by atoms with van der Waals surface area (Å²) in [5, 5.41) is 19.0. The predicted molar refractivity (Wildman–Crippen MR) is 107 cm³/mol. The number of amides is 1. The largest absolute Gasteiger partial charge is 0.465 e. The maximum Gasteiger partial charge on any atom is 0.407 e. The van der Waals surface area contributed by atoms with E-state index in [2.05, 4.69) is 28.2 Å². The molecule has 28 heavy (non-hydrogen) atoms. The standard InChI is InChI=1S/C20H22N4O3S/c1-12-3-4-13(2)15(9-12)11-28-19-22-17(16(10-21)18(25)23-19)14-5-7-24(8-6-14)20(26)27/h3-4,9,14H,5-8,11H2,1-2H3,(H,26,27)(H,22,23,25). The number of aryl methyl sites for hydroxylation is 2. The van der Waals surface area contributed by atoms with E-state index in [-0.39, 0.29) is 11.5 Å². The molecule has 8 heteroatoms. The second kappa shape index (κ2) is 8.48. The molecule has 0 unspecified atom stereocenters. The van der Waals surface area contributed by atoms with E-state index in [0.717, 1.165) is 0 Å². The highest BCUT2D eigenvalue weighted by atomic mass is 32.2. The molecule has 0 bridgehead atoms. The van der Waals surface area contributed by atoms with Crippen LogP contribution in [-0.4, -0.2) is 39.2 Å². The van der Waals surface area contributed by atoms with Gasteiger partial charge in [-0.05, 0) is 37.8 Å². The van der Waals surface area contributed by atoms with Crippen molar-refractivity contribution in [3.63, 3.8) is 0 Å². The second-order valence-electron chi connectivity index (χ2n) is 7.01. The van der Waals surface area contributed by atoms with Crippen molar-refractivity contribution < 1.29 is 9.90 Å². The number of H-pyrrole nitrogens is 1. The van der Waals surface area contributed by atoms with E-state index in [1.807, 2.05) is 19.9 Å². The predicted octanol–water partition coefficient (Wildman–Crippen LogP) is 3.41. The number of aromatic nitrogens is 2. The van der Waals surface area contributed by atoms with Crippen LogP contribution < -0.4 is 5.56 Å². The quantitative estimate of drug-likeness (QED) is 0.603. The van der Waals surface area contributed by atoms with Crippen LogP contribution in [0.25, 0.3) is 0 Å². The summed E-state index contributed by atoms with van der Waals surface area (Å²) in [6.07, 6.45) is 0.166. The van der Waals surface area contributed by atoms with Crippen molar-refractivity contribution in [1.29, 1.82) is 5.26 Å². The molecule has 7 nitrogen and oxygen atoms in total. The van der Waals surface area contributed by atoms with Gasteiger partial charge in [-0.1, -0.05) is 35.5 Å². The molecular formula is C20H22N4O3S. The molecule has 1 fully saturated rings. The Hall–Kier alpha value is -2.79. The lowest BCUT2D eigenvalue weighted by molar-refractivity contribution is 0.131. The van der Waals surface area contributed by atoms with E-state index in [0.29, 0.717) is 42.5 Å². The Kier molecular flexibility index (Phi) is 6.05. The van der Waals surface area contributed by atoms with E-state index < -0.39 is 11.7 Å². The van der Waals surface area contributed by atoms with Gasteiger partial charge in [-0.3, -0.25) is 4.79 Å². The summed E-state index contributed by atoms with van der Waals surface area (Å²) in [6, 6.07) is 8.22. The summed E-state index contributed by atoms with van der Waals surface area (Å²) in [6.45, 7) is 4.84. The summed E-state index contributed by atoms with van der Waals surface area (Å²) in [5.74, 6) is 0.576. The van der Waals surface area contributed by atoms with Gasteiger partial charge in [-0.2, -0.15) is 5.26 Å². The number of carboxylic acid groups (broad SMARTS) is 1. The van der Waals surface area contributed by atoms with Gasteiger partial charge in [-0.25, -0.2) is 9.78 Å². The van der Waals surface area contributed by atoms with Crippen LogP contribution in [0.3, 0.4) is 0 Å². The van der Waals surface area contributed by atoms with E-state index in [1.165, 1.54) is 33.4 Å². The maximum atomic E-state index is 12.4. The Balaban J connectivity index is 1.82. The molecule has 1 aromatic heterocycles. The van der Waals surface area contributed by atoms with Gasteiger partial charge in [0.15, 0.2) is 5.16 Å². The Morgan fingerprint density at radius 3 is 2.75 bits per heavy atom. The number of benzene rings is 1. The third-order valence-corrected chi connectivity index (χ3v) is 5.98. The number of hydrogen-bond acceptors (Lipinski definition) is 5. The number of hydrogen-bond donors (Lipinski definition) is 2. The van der Waals surface area contributed by atoms with E-state index in [1.54, 1.807) is 0 Å². The van der Waals surface area contributed by atoms with Gasteiger partial charge >= 0.3 is 6.09 Å². The minimum Gasteiger partial charge on any atom is -0.465 e. The van der Waals surface area contributed by atoms with Gasteiger partial charge < -0.3 is 15.0 Å². The highest BCUT2D eigenvalue weighted by molar-refractivity contribution is 7.98. The number of nitrogens with one attached hydrogen (secondary N) is 1. The molecule has 146 valence electrons. The first-order valence-electron chi connectivity index (χ1n) is 9.10. The fourth-order valence-electron chi connectivity index (χ4n) is 3.39. The molecule has 0 aliphatic carbocycles. The van der Waals surface area contributed by atoms with Gasteiger partial charge in [-0.15, -0.1) is 0 Å². The van der Waals surface area contributed by atoms with Crippen molar-refractivity contribution in [3.8, 4) is 6.07 Å². The van der Waals surface area contributed by atoms with Crippen molar-refractivity contribution in [1.82, 2.24) is 14.9 Å². The van der Waals surface area contributed by atoms with Gasteiger partial charge in [0, 0.05) is 24.8 Å². The maximum absolute atomic E-state index is 12.4. The minimum absolute atomic E-state index is 0.0323. The number of likely N-dealkylation sites (tertiary alicyclic amines) is 1. The smallest absolute Gasteiger partial charge is 0.407 e. The average Bonchev–Trinajstić information content (AvgIpc) is 2.68. The fourth-order valence-corrected chi connectivity index (χ4v) is 4.32. The van der Waals surface area contributed by atoms with Crippen LogP contribution in [0.2, 0.25) is 0 Å². The summed E-state index contributed by atoms with van der Waals surface area (Å²) < 4.78 is 0. The first-order valence-corrected chi connectivity index (χ1v) is 10.1. The lowest BCUT2D eigenvalue weighted by atomic mass is 9.91. The van der Waals surface area contributed by atoms with Gasteiger partial charge in [0.1, 0.15) is 11.6 Å². The molecule has 1 aromatic carbocycles. The van der Waals surface area contributed by atoms with Crippen molar-refractivity contribution in [3.05, 3.63) is 56.5 Å². The molecule has 0 radical (unpaired) electrons. The zero-order valence-corrected chi connectivity index (χ0v) is 16.7. The van der Waals surface area contributed by atoms with Crippen molar-refractivity contribution in [2.45, 2.75) is 43.5 Å². The molecule has 1 aliphatic rings. The Morgan fingerprint density at radius 1 is 1.39 bits per heavy atom. The molecule has 1 aliphatic heterocycles. The molecule has 2 heterocycles. The van der Waals surface area contributed by atoms with Crippen molar-refractivity contribution in [2.75, 3.05) is 13.1 Å². The Morgan fingerprint density at radius 2 is 2.11 bits per heavy atom. The molecule has 0 spiro atoms. The summed E-state index contributed by atoms with van der Waals surface area (Å²) in [7, 11) is 0. The monoisotopic (exact) mass is 398 g/mol. The molecule has 1 saturated heterocycles. The highest BCUT2D eigenvalue weighted by Crippen LogP contribution is 2.30. The molecular weight excluding hydrogens is 376 g/mol. The number of nitrogens with zero attached hydrogens (tertiary/aromatic N) is 3. The number of carbonyl (C=O) groups is 1. The number of thioether (sulfide) groups is 1. The summed E-state index contributed by atoms with van der Waals surface area (Å²) in [5.41, 5.74) is 3.61. The lowest BCUT2D eigenvalue weighted by Crippen LogP contribution is -2.37. The number of nitriles is 1. The Bertz CT molecular complexity index is 988. The lowest BCUT2D eigenvalue weighted by Gasteiger charge is -2.29. The van der Waals surface area contributed by atoms with Crippen LogP contribution in [-0.2, 0) is 5.75 Å². The Labute approximate surface area is 167 Å². The van der Waals surface area contributed by atoms with Crippen LogP contribution in [0.4, 0.5) is 4.79 Å². The highest BCUT2D eigenvalue weighted by Gasteiger charge is 2.27. The first-order chi connectivity index (χ1) is 13.4. The van der Waals surface area contributed by atoms with E-state index in [9.17, 15) is 14.9 Å². The van der Waals surface area contributed by atoms with Crippen molar-refractivity contribution >= 4 is 17.9 Å². The number of rotatable bonds is 4. The number of aromatic amines is 1.